The summed E-state index contributed by atoms with van der Waals surface area (Å²) in [5.41, 5.74) is 1.29. The lowest BCUT2D eigenvalue weighted by atomic mass is 10.1. The van der Waals surface area contributed by atoms with Gasteiger partial charge in [0, 0.05) is 12.7 Å². The van der Waals surface area contributed by atoms with Crippen LogP contribution in [0.15, 0.2) is 23.8 Å². The van der Waals surface area contributed by atoms with Crippen molar-refractivity contribution in [3.63, 3.8) is 0 Å². The zero-order chi connectivity index (χ0) is 8.10. The van der Waals surface area contributed by atoms with Crippen LogP contribution in [0.1, 0.15) is 19.8 Å². The molecule has 0 aromatic rings. The van der Waals surface area contributed by atoms with Gasteiger partial charge in [-0.2, -0.15) is 0 Å². The van der Waals surface area contributed by atoms with Crippen molar-refractivity contribution in [2.45, 2.75) is 19.8 Å². The maximum absolute atomic E-state index is 10.6. The molecule has 0 spiro atoms. The highest BCUT2D eigenvalue weighted by Gasteiger charge is 1.99. The lowest BCUT2D eigenvalue weighted by molar-refractivity contribution is -0.109. The standard InChI is InChI=1S/C9H12OS/c1-8(10)11-7-9-5-3-2-4-6-9/h3,5-6H,2,4,7H2,1H3. The molecule has 0 aliphatic heterocycles. The van der Waals surface area contributed by atoms with Gasteiger partial charge in [-0.1, -0.05) is 30.0 Å². The Morgan fingerprint density at radius 2 is 2.45 bits per heavy atom. The van der Waals surface area contributed by atoms with Gasteiger partial charge in [0.1, 0.15) is 0 Å². The topological polar surface area (TPSA) is 17.1 Å². The molecule has 0 N–H and O–H groups in total. The highest BCUT2D eigenvalue weighted by molar-refractivity contribution is 8.13. The molecular formula is C9H12OS. The lowest BCUT2D eigenvalue weighted by Crippen LogP contribution is -1.91. The van der Waals surface area contributed by atoms with Gasteiger partial charge in [-0.05, 0) is 18.4 Å². The van der Waals surface area contributed by atoms with Crippen LogP contribution in [0.5, 0.6) is 0 Å². The summed E-state index contributed by atoms with van der Waals surface area (Å²) in [5, 5.41) is 0.199. The Bertz CT molecular complexity index is 204. The van der Waals surface area contributed by atoms with Crippen LogP contribution in [-0.2, 0) is 4.79 Å². The summed E-state index contributed by atoms with van der Waals surface area (Å²) < 4.78 is 0. The van der Waals surface area contributed by atoms with E-state index in [0.717, 1.165) is 18.6 Å². The fourth-order valence-corrected chi connectivity index (χ4v) is 1.54. The van der Waals surface area contributed by atoms with E-state index in [-0.39, 0.29) is 5.12 Å². The van der Waals surface area contributed by atoms with Gasteiger partial charge in [0.2, 0.25) is 0 Å². The summed E-state index contributed by atoms with van der Waals surface area (Å²) >= 11 is 1.38. The van der Waals surface area contributed by atoms with Crippen molar-refractivity contribution in [1.82, 2.24) is 0 Å². The Kier molecular flexibility index (Phi) is 3.43. The summed E-state index contributed by atoms with van der Waals surface area (Å²) in [6.45, 7) is 1.61. The molecule has 0 fully saturated rings. The first-order chi connectivity index (χ1) is 5.29. The molecule has 1 aliphatic carbocycles. The van der Waals surface area contributed by atoms with Crippen LogP contribution in [-0.4, -0.2) is 10.9 Å². The van der Waals surface area contributed by atoms with Crippen LogP contribution in [0.3, 0.4) is 0 Å². The highest BCUT2D eigenvalue weighted by Crippen LogP contribution is 2.15. The minimum Gasteiger partial charge on any atom is -0.288 e. The van der Waals surface area contributed by atoms with E-state index in [1.54, 1.807) is 6.92 Å². The molecule has 0 unspecified atom stereocenters. The van der Waals surface area contributed by atoms with Crippen LogP contribution in [0.4, 0.5) is 0 Å². The lowest BCUT2D eigenvalue weighted by Gasteiger charge is -2.03. The third kappa shape index (κ3) is 3.42. The number of carbonyl (C=O) groups is 1. The average Bonchev–Trinajstić information content (AvgIpc) is 2.03. The smallest absolute Gasteiger partial charge is 0.186 e. The maximum atomic E-state index is 10.6. The Labute approximate surface area is 71.6 Å². The molecule has 0 aromatic heterocycles. The van der Waals surface area contributed by atoms with Crippen LogP contribution < -0.4 is 0 Å². The van der Waals surface area contributed by atoms with E-state index in [0.29, 0.717) is 0 Å². The number of rotatable bonds is 2. The minimum absolute atomic E-state index is 0.199. The van der Waals surface area contributed by atoms with E-state index in [9.17, 15) is 4.79 Å². The normalized spacial score (nSPS) is 16.3. The largest absolute Gasteiger partial charge is 0.288 e. The van der Waals surface area contributed by atoms with Gasteiger partial charge in [-0.25, -0.2) is 0 Å². The van der Waals surface area contributed by atoms with E-state index in [1.165, 1.54) is 17.3 Å². The second-order valence-electron chi connectivity index (χ2n) is 2.54. The summed E-state index contributed by atoms with van der Waals surface area (Å²) in [6.07, 6.45) is 8.75. The van der Waals surface area contributed by atoms with E-state index in [2.05, 4.69) is 18.2 Å². The van der Waals surface area contributed by atoms with Gasteiger partial charge in [0.05, 0.1) is 0 Å². The first kappa shape index (κ1) is 8.60. The predicted molar refractivity (Wildman–Crippen MR) is 49.6 cm³/mol. The van der Waals surface area contributed by atoms with Gasteiger partial charge < -0.3 is 0 Å². The Morgan fingerprint density at radius 3 is 3.00 bits per heavy atom. The third-order valence-electron chi connectivity index (χ3n) is 1.51. The summed E-state index contributed by atoms with van der Waals surface area (Å²) in [4.78, 5) is 10.6. The Hall–Kier alpha value is -0.500. The van der Waals surface area contributed by atoms with Crippen LogP contribution in [0.2, 0.25) is 0 Å². The minimum atomic E-state index is 0.199. The second kappa shape index (κ2) is 4.39. The molecule has 1 aliphatic rings. The first-order valence-electron chi connectivity index (χ1n) is 3.78. The molecule has 11 heavy (non-hydrogen) atoms. The van der Waals surface area contributed by atoms with E-state index in [1.807, 2.05) is 0 Å². The summed E-state index contributed by atoms with van der Waals surface area (Å²) in [6, 6.07) is 0. The quantitative estimate of drug-likeness (QED) is 0.630. The van der Waals surface area contributed by atoms with Crippen molar-refractivity contribution in [2.75, 3.05) is 5.75 Å². The van der Waals surface area contributed by atoms with E-state index >= 15 is 0 Å². The second-order valence-corrected chi connectivity index (χ2v) is 3.69. The molecule has 0 amide bonds. The van der Waals surface area contributed by atoms with Gasteiger partial charge >= 0.3 is 0 Å². The first-order valence-corrected chi connectivity index (χ1v) is 4.76. The van der Waals surface area contributed by atoms with Crippen LogP contribution >= 0.6 is 11.8 Å². The number of hydrogen-bond donors (Lipinski definition) is 0. The number of hydrogen-bond acceptors (Lipinski definition) is 2. The molecular weight excluding hydrogens is 156 g/mol. The van der Waals surface area contributed by atoms with E-state index < -0.39 is 0 Å². The molecule has 1 nitrogen and oxygen atoms in total. The Morgan fingerprint density at radius 1 is 1.64 bits per heavy atom. The molecule has 0 aromatic carbocycles. The summed E-state index contributed by atoms with van der Waals surface area (Å²) in [7, 11) is 0. The monoisotopic (exact) mass is 168 g/mol. The molecule has 60 valence electrons. The maximum Gasteiger partial charge on any atom is 0.186 e. The van der Waals surface area contributed by atoms with Gasteiger partial charge in [-0.15, -0.1) is 0 Å². The van der Waals surface area contributed by atoms with Gasteiger partial charge in [0.15, 0.2) is 5.12 Å². The zero-order valence-corrected chi connectivity index (χ0v) is 7.49. The van der Waals surface area contributed by atoms with Crippen molar-refractivity contribution < 1.29 is 4.79 Å². The molecule has 0 saturated heterocycles. The molecule has 2 heteroatoms. The average molecular weight is 168 g/mol. The van der Waals surface area contributed by atoms with Crippen molar-refractivity contribution in [1.29, 1.82) is 0 Å². The summed E-state index contributed by atoms with van der Waals surface area (Å²) in [5.74, 6) is 0.839. The van der Waals surface area contributed by atoms with Crippen LogP contribution in [0.25, 0.3) is 0 Å². The number of thioether (sulfide) groups is 1. The predicted octanol–water partition coefficient (Wildman–Crippen LogP) is 2.54. The van der Waals surface area contributed by atoms with Crippen molar-refractivity contribution in [2.24, 2.45) is 0 Å². The molecule has 0 heterocycles. The van der Waals surface area contributed by atoms with Crippen molar-refractivity contribution in [3.8, 4) is 0 Å². The fourth-order valence-electron chi connectivity index (χ4n) is 0.960. The van der Waals surface area contributed by atoms with Gasteiger partial charge in [0.25, 0.3) is 0 Å². The molecule has 1 rings (SSSR count). The third-order valence-corrected chi connectivity index (χ3v) is 2.40. The fraction of sp³-hybridized carbons (Fsp3) is 0.444. The number of carbonyl (C=O) groups excluding carboxylic acids is 1. The molecule has 0 atom stereocenters. The molecule has 0 bridgehead atoms. The SMILES string of the molecule is CC(=O)SCC1=CCCC=C1. The Balaban J connectivity index is 2.31. The highest BCUT2D eigenvalue weighted by atomic mass is 32.2. The number of allylic oxidation sites excluding steroid dienone is 3. The van der Waals surface area contributed by atoms with Crippen molar-refractivity contribution >= 4 is 16.9 Å². The van der Waals surface area contributed by atoms with Crippen LogP contribution in [0, 0.1) is 0 Å². The molecule has 0 saturated carbocycles. The van der Waals surface area contributed by atoms with Gasteiger partial charge in [-0.3, -0.25) is 4.79 Å². The molecule has 0 radical (unpaired) electrons. The van der Waals surface area contributed by atoms with Crippen molar-refractivity contribution in [3.05, 3.63) is 23.8 Å². The zero-order valence-electron chi connectivity index (χ0n) is 6.67. The van der Waals surface area contributed by atoms with E-state index in [4.69, 9.17) is 0 Å².